The Bertz CT molecular complexity index is 927. The third-order valence-corrected chi connectivity index (χ3v) is 4.04. The van der Waals surface area contributed by atoms with E-state index in [1.54, 1.807) is 18.2 Å². The summed E-state index contributed by atoms with van der Waals surface area (Å²) in [4.78, 5) is 26.9. The van der Waals surface area contributed by atoms with Gasteiger partial charge in [-0.05, 0) is 49.7 Å². The standard InChI is InChI=1S/C19H19N3O2/c1-11-6-7-16-15(8-11)10-17(22-16)19(24)21-12(2)13-4-3-5-14(9-13)18(20)23/h3-10,12,22H,1-2H3,(H2,20,23)(H,21,24). The lowest BCUT2D eigenvalue weighted by molar-refractivity contribution is 0.0935. The van der Waals surface area contributed by atoms with Gasteiger partial charge in [-0.3, -0.25) is 9.59 Å². The molecule has 1 unspecified atom stereocenters. The van der Waals surface area contributed by atoms with Crippen LogP contribution in [0.1, 0.15) is 44.9 Å². The van der Waals surface area contributed by atoms with E-state index in [2.05, 4.69) is 10.3 Å². The van der Waals surface area contributed by atoms with E-state index in [4.69, 9.17) is 5.73 Å². The van der Waals surface area contributed by atoms with Crippen LogP contribution in [0.2, 0.25) is 0 Å². The molecule has 0 aliphatic rings. The Hall–Kier alpha value is -3.08. The first-order chi connectivity index (χ1) is 11.4. The van der Waals surface area contributed by atoms with Crippen LogP contribution in [0, 0.1) is 6.92 Å². The quantitative estimate of drug-likeness (QED) is 0.689. The van der Waals surface area contributed by atoms with E-state index in [0.717, 1.165) is 22.0 Å². The van der Waals surface area contributed by atoms with E-state index in [-0.39, 0.29) is 11.9 Å². The van der Waals surface area contributed by atoms with E-state index in [1.165, 1.54) is 0 Å². The molecule has 1 heterocycles. The molecule has 0 saturated heterocycles. The molecule has 122 valence electrons. The average Bonchev–Trinajstić information content (AvgIpc) is 2.98. The van der Waals surface area contributed by atoms with Gasteiger partial charge in [-0.2, -0.15) is 0 Å². The number of benzene rings is 2. The van der Waals surface area contributed by atoms with E-state index in [9.17, 15) is 9.59 Å². The average molecular weight is 321 g/mol. The Morgan fingerprint density at radius 3 is 2.67 bits per heavy atom. The number of primary amides is 1. The van der Waals surface area contributed by atoms with Gasteiger partial charge < -0.3 is 16.0 Å². The normalized spacial score (nSPS) is 12.1. The summed E-state index contributed by atoms with van der Waals surface area (Å²) in [6.07, 6.45) is 0. The Morgan fingerprint density at radius 2 is 1.92 bits per heavy atom. The second-order valence-electron chi connectivity index (χ2n) is 5.96. The maximum absolute atomic E-state index is 12.5. The molecular formula is C19H19N3O2. The number of H-pyrrole nitrogens is 1. The summed E-state index contributed by atoms with van der Waals surface area (Å²) in [5.41, 5.74) is 9.13. The molecule has 5 nitrogen and oxygen atoms in total. The summed E-state index contributed by atoms with van der Waals surface area (Å²) < 4.78 is 0. The Balaban J connectivity index is 1.80. The van der Waals surface area contributed by atoms with Crippen LogP contribution in [-0.4, -0.2) is 16.8 Å². The van der Waals surface area contributed by atoms with Crippen molar-refractivity contribution in [3.63, 3.8) is 0 Å². The van der Waals surface area contributed by atoms with Crippen LogP contribution in [0.15, 0.2) is 48.5 Å². The van der Waals surface area contributed by atoms with Crippen LogP contribution >= 0.6 is 0 Å². The van der Waals surface area contributed by atoms with E-state index >= 15 is 0 Å². The van der Waals surface area contributed by atoms with Crippen molar-refractivity contribution in [3.05, 3.63) is 70.9 Å². The summed E-state index contributed by atoms with van der Waals surface area (Å²) in [5.74, 6) is -0.679. The smallest absolute Gasteiger partial charge is 0.268 e. The lowest BCUT2D eigenvalue weighted by atomic mass is 10.0. The number of carbonyl (C=O) groups is 2. The zero-order valence-electron chi connectivity index (χ0n) is 13.6. The Morgan fingerprint density at radius 1 is 1.12 bits per heavy atom. The number of rotatable bonds is 4. The topological polar surface area (TPSA) is 88.0 Å². The molecule has 0 fully saturated rings. The first-order valence-corrected chi connectivity index (χ1v) is 7.74. The Kier molecular flexibility index (Phi) is 4.08. The van der Waals surface area contributed by atoms with Crippen LogP contribution in [-0.2, 0) is 0 Å². The molecule has 0 saturated carbocycles. The minimum absolute atomic E-state index is 0.194. The van der Waals surface area contributed by atoms with Gasteiger partial charge in [-0.15, -0.1) is 0 Å². The second-order valence-corrected chi connectivity index (χ2v) is 5.96. The number of nitrogens with one attached hydrogen (secondary N) is 2. The highest BCUT2D eigenvalue weighted by Gasteiger charge is 2.14. The molecule has 0 bridgehead atoms. The molecule has 5 heteroatoms. The predicted molar refractivity (Wildman–Crippen MR) is 93.9 cm³/mol. The monoisotopic (exact) mass is 321 g/mol. The highest BCUT2D eigenvalue weighted by atomic mass is 16.2. The van der Waals surface area contributed by atoms with Crippen molar-refractivity contribution in [2.45, 2.75) is 19.9 Å². The molecule has 4 N–H and O–H groups in total. The highest BCUT2D eigenvalue weighted by molar-refractivity contribution is 5.98. The molecule has 2 aromatic carbocycles. The fraction of sp³-hybridized carbons (Fsp3) is 0.158. The lowest BCUT2D eigenvalue weighted by Crippen LogP contribution is -2.27. The second kappa shape index (κ2) is 6.20. The number of carbonyl (C=O) groups excluding carboxylic acids is 2. The number of amides is 2. The zero-order chi connectivity index (χ0) is 17.3. The predicted octanol–water partition coefficient (Wildman–Crippen LogP) is 3.07. The molecule has 0 spiro atoms. The summed E-state index contributed by atoms with van der Waals surface area (Å²) >= 11 is 0. The molecule has 3 aromatic rings. The van der Waals surface area contributed by atoms with Gasteiger partial charge in [0.1, 0.15) is 5.69 Å². The van der Waals surface area contributed by atoms with Crippen molar-refractivity contribution in [1.29, 1.82) is 0 Å². The lowest BCUT2D eigenvalue weighted by Gasteiger charge is -2.14. The van der Waals surface area contributed by atoms with Crippen LogP contribution in [0.5, 0.6) is 0 Å². The van der Waals surface area contributed by atoms with Crippen LogP contribution in [0.4, 0.5) is 0 Å². The molecule has 3 rings (SSSR count). The van der Waals surface area contributed by atoms with Gasteiger partial charge in [0.05, 0.1) is 6.04 Å². The summed E-state index contributed by atoms with van der Waals surface area (Å²) in [7, 11) is 0. The van der Waals surface area contributed by atoms with Gasteiger partial charge in [-0.1, -0.05) is 23.8 Å². The molecule has 0 aliphatic heterocycles. The SMILES string of the molecule is Cc1ccc2[nH]c(C(=O)NC(C)c3cccc(C(N)=O)c3)cc2c1. The highest BCUT2D eigenvalue weighted by Crippen LogP contribution is 2.19. The number of aryl methyl sites for hydroxylation is 1. The molecule has 0 radical (unpaired) electrons. The van der Waals surface area contributed by atoms with Crippen molar-refractivity contribution in [1.82, 2.24) is 10.3 Å². The number of hydrogen-bond acceptors (Lipinski definition) is 2. The minimum Gasteiger partial charge on any atom is -0.366 e. The number of nitrogens with two attached hydrogens (primary N) is 1. The number of aromatic nitrogens is 1. The van der Waals surface area contributed by atoms with Gasteiger partial charge in [0, 0.05) is 16.5 Å². The summed E-state index contributed by atoms with van der Waals surface area (Å²) in [5, 5.41) is 3.94. The maximum atomic E-state index is 12.5. The van der Waals surface area contributed by atoms with E-state index in [1.807, 2.05) is 44.2 Å². The van der Waals surface area contributed by atoms with Crippen molar-refractivity contribution in [2.75, 3.05) is 0 Å². The third-order valence-electron chi connectivity index (χ3n) is 4.04. The van der Waals surface area contributed by atoms with Crippen LogP contribution in [0.3, 0.4) is 0 Å². The van der Waals surface area contributed by atoms with Gasteiger partial charge in [0.25, 0.3) is 5.91 Å². The first-order valence-electron chi connectivity index (χ1n) is 7.74. The maximum Gasteiger partial charge on any atom is 0.268 e. The fourth-order valence-electron chi connectivity index (χ4n) is 2.69. The summed E-state index contributed by atoms with van der Waals surface area (Å²) in [6, 6.07) is 14.5. The molecule has 24 heavy (non-hydrogen) atoms. The first kappa shape index (κ1) is 15.8. The minimum atomic E-state index is -0.485. The largest absolute Gasteiger partial charge is 0.366 e. The number of fused-ring (bicyclic) bond motifs is 1. The molecule has 0 aliphatic carbocycles. The van der Waals surface area contributed by atoms with Crippen LogP contribution < -0.4 is 11.1 Å². The van der Waals surface area contributed by atoms with E-state index in [0.29, 0.717) is 11.3 Å². The molecule has 1 aromatic heterocycles. The number of aromatic amines is 1. The van der Waals surface area contributed by atoms with Gasteiger partial charge >= 0.3 is 0 Å². The Labute approximate surface area is 139 Å². The van der Waals surface area contributed by atoms with Gasteiger partial charge in [0.15, 0.2) is 0 Å². The molecular weight excluding hydrogens is 302 g/mol. The summed E-state index contributed by atoms with van der Waals surface area (Å²) in [6.45, 7) is 3.88. The van der Waals surface area contributed by atoms with Crippen molar-refractivity contribution in [2.24, 2.45) is 5.73 Å². The van der Waals surface area contributed by atoms with Gasteiger partial charge in [0.2, 0.25) is 5.91 Å². The zero-order valence-corrected chi connectivity index (χ0v) is 13.6. The molecule has 1 atom stereocenters. The van der Waals surface area contributed by atoms with Crippen molar-refractivity contribution in [3.8, 4) is 0 Å². The third kappa shape index (κ3) is 3.15. The van der Waals surface area contributed by atoms with Crippen molar-refractivity contribution >= 4 is 22.7 Å². The van der Waals surface area contributed by atoms with E-state index < -0.39 is 5.91 Å². The number of hydrogen-bond donors (Lipinski definition) is 3. The van der Waals surface area contributed by atoms with Crippen molar-refractivity contribution < 1.29 is 9.59 Å². The van der Waals surface area contributed by atoms with Crippen LogP contribution in [0.25, 0.3) is 10.9 Å². The van der Waals surface area contributed by atoms with Gasteiger partial charge in [-0.25, -0.2) is 0 Å². The fourth-order valence-corrected chi connectivity index (χ4v) is 2.69. The molecule has 2 amide bonds.